The van der Waals surface area contributed by atoms with Gasteiger partial charge in [-0.25, -0.2) is 4.98 Å². The highest BCUT2D eigenvalue weighted by molar-refractivity contribution is 7.09. The minimum atomic E-state index is -0.817. The zero-order chi connectivity index (χ0) is 21.3. The van der Waals surface area contributed by atoms with Crippen LogP contribution in [-0.4, -0.2) is 38.0 Å². The Labute approximate surface area is 180 Å². The summed E-state index contributed by atoms with van der Waals surface area (Å²) in [6.45, 7) is 5.46. The molecule has 0 saturated heterocycles. The van der Waals surface area contributed by atoms with Crippen molar-refractivity contribution in [3.63, 3.8) is 0 Å². The second-order valence-electron chi connectivity index (χ2n) is 8.57. The van der Waals surface area contributed by atoms with E-state index >= 15 is 0 Å². The van der Waals surface area contributed by atoms with Crippen molar-refractivity contribution in [1.29, 1.82) is 0 Å². The van der Waals surface area contributed by atoms with Gasteiger partial charge in [-0.1, -0.05) is 6.07 Å². The van der Waals surface area contributed by atoms with Gasteiger partial charge in [0.2, 0.25) is 5.91 Å². The smallest absolute Gasteiger partial charge is 0.309 e. The molecule has 3 aromatic heterocycles. The van der Waals surface area contributed by atoms with E-state index in [1.54, 1.807) is 25.2 Å². The van der Waals surface area contributed by atoms with Crippen molar-refractivity contribution >= 4 is 34.2 Å². The van der Waals surface area contributed by atoms with Gasteiger partial charge in [-0.05, 0) is 62.3 Å². The molecule has 0 atom stereocenters. The fraction of sp³-hybridized carbons (Fsp3) is 0.435. The molecule has 0 spiro atoms. The molecule has 30 heavy (non-hydrogen) atoms. The topological polar surface area (TPSA) is 75.4 Å². The summed E-state index contributed by atoms with van der Waals surface area (Å²) in [5, 5.41) is 12.5. The SMILES string of the molecule is CC(C)(CCCC(=O)N1CCc2c(n(Cc3cccs3)c3ncccc23)C1)C(=O)O. The lowest BCUT2D eigenvalue weighted by Crippen LogP contribution is -2.36. The number of pyridine rings is 1. The fourth-order valence-electron chi connectivity index (χ4n) is 4.15. The van der Waals surface area contributed by atoms with E-state index in [0.29, 0.717) is 32.4 Å². The number of hydrogen-bond acceptors (Lipinski definition) is 4. The molecule has 158 valence electrons. The lowest BCUT2D eigenvalue weighted by Gasteiger charge is -2.29. The number of hydrogen-bond donors (Lipinski definition) is 1. The monoisotopic (exact) mass is 425 g/mol. The highest BCUT2D eigenvalue weighted by atomic mass is 32.1. The standard InChI is InChI=1S/C23H27N3O3S/c1-23(2,22(28)29)10-3-8-20(27)25-12-9-17-18-7-4-11-24-21(18)26(19(17)15-25)14-16-6-5-13-30-16/h4-7,11,13H,3,8-10,12,14-15H2,1-2H3,(H,28,29). The molecular weight excluding hydrogens is 398 g/mol. The second kappa shape index (κ2) is 8.22. The van der Waals surface area contributed by atoms with Crippen LogP contribution in [-0.2, 0) is 29.1 Å². The Morgan fingerprint density at radius 2 is 2.10 bits per heavy atom. The summed E-state index contributed by atoms with van der Waals surface area (Å²) in [5.41, 5.74) is 2.65. The van der Waals surface area contributed by atoms with E-state index in [9.17, 15) is 14.7 Å². The first kappa shape index (κ1) is 20.6. The zero-order valence-electron chi connectivity index (χ0n) is 17.4. The Bertz CT molecular complexity index is 1070. The maximum atomic E-state index is 12.9. The molecule has 0 saturated carbocycles. The van der Waals surface area contributed by atoms with E-state index in [4.69, 9.17) is 0 Å². The molecule has 1 aliphatic heterocycles. The zero-order valence-corrected chi connectivity index (χ0v) is 18.2. The largest absolute Gasteiger partial charge is 0.481 e. The number of carbonyl (C=O) groups excluding carboxylic acids is 1. The Kier molecular flexibility index (Phi) is 5.64. The van der Waals surface area contributed by atoms with Gasteiger partial charge in [0.15, 0.2) is 0 Å². The Balaban J connectivity index is 1.53. The van der Waals surface area contributed by atoms with Crippen molar-refractivity contribution in [1.82, 2.24) is 14.5 Å². The number of fused-ring (bicyclic) bond motifs is 3. The molecular formula is C23H27N3O3S. The van der Waals surface area contributed by atoms with Crippen LogP contribution < -0.4 is 0 Å². The third-order valence-corrected chi connectivity index (χ3v) is 6.89. The molecule has 7 heteroatoms. The number of thiophene rings is 1. The van der Waals surface area contributed by atoms with E-state index in [1.165, 1.54) is 21.5 Å². The molecule has 0 fully saturated rings. The summed E-state index contributed by atoms with van der Waals surface area (Å²) in [6.07, 6.45) is 4.11. The van der Waals surface area contributed by atoms with Crippen LogP contribution in [0.3, 0.4) is 0 Å². The van der Waals surface area contributed by atoms with Gasteiger partial charge in [0.1, 0.15) is 5.65 Å². The predicted molar refractivity (Wildman–Crippen MR) is 118 cm³/mol. The van der Waals surface area contributed by atoms with Crippen LogP contribution in [0.25, 0.3) is 11.0 Å². The van der Waals surface area contributed by atoms with Gasteiger partial charge < -0.3 is 14.6 Å². The minimum Gasteiger partial charge on any atom is -0.481 e. The van der Waals surface area contributed by atoms with Crippen molar-refractivity contribution in [3.05, 3.63) is 52.0 Å². The van der Waals surface area contributed by atoms with E-state index in [-0.39, 0.29) is 5.91 Å². The molecule has 0 aromatic carbocycles. The van der Waals surface area contributed by atoms with Crippen molar-refractivity contribution < 1.29 is 14.7 Å². The van der Waals surface area contributed by atoms with Gasteiger partial charge in [0.05, 0.1) is 18.5 Å². The molecule has 0 bridgehead atoms. The summed E-state index contributed by atoms with van der Waals surface area (Å²) in [7, 11) is 0. The number of nitrogens with zero attached hydrogens (tertiary/aromatic N) is 3. The van der Waals surface area contributed by atoms with Gasteiger partial charge in [0, 0.05) is 35.1 Å². The van der Waals surface area contributed by atoms with Crippen LogP contribution in [0, 0.1) is 5.41 Å². The molecule has 1 aliphatic rings. The first-order valence-corrected chi connectivity index (χ1v) is 11.2. The lowest BCUT2D eigenvalue weighted by molar-refractivity contribution is -0.147. The number of carboxylic acids is 1. The number of aliphatic carboxylic acids is 1. The third kappa shape index (κ3) is 3.99. The second-order valence-corrected chi connectivity index (χ2v) is 9.61. The molecule has 1 N–H and O–H groups in total. The van der Waals surface area contributed by atoms with Crippen LogP contribution in [0.2, 0.25) is 0 Å². The molecule has 0 radical (unpaired) electrons. The number of carbonyl (C=O) groups is 2. The van der Waals surface area contributed by atoms with Crippen molar-refractivity contribution in [2.75, 3.05) is 6.54 Å². The summed E-state index contributed by atoms with van der Waals surface area (Å²) >= 11 is 1.73. The van der Waals surface area contributed by atoms with Crippen LogP contribution in [0.4, 0.5) is 0 Å². The highest BCUT2D eigenvalue weighted by Gasteiger charge is 2.29. The number of aromatic nitrogens is 2. The Hall–Kier alpha value is -2.67. The van der Waals surface area contributed by atoms with Gasteiger partial charge in [0.25, 0.3) is 0 Å². The van der Waals surface area contributed by atoms with Crippen LogP contribution >= 0.6 is 11.3 Å². The third-order valence-electron chi connectivity index (χ3n) is 6.03. The van der Waals surface area contributed by atoms with E-state index < -0.39 is 11.4 Å². The summed E-state index contributed by atoms with van der Waals surface area (Å²) in [5.74, 6) is -0.717. The summed E-state index contributed by atoms with van der Waals surface area (Å²) in [4.78, 5) is 32.0. The maximum Gasteiger partial charge on any atom is 0.309 e. The first-order valence-electron chi connectivity index (χ1n) is 10.4. The highest BCUT2D eigenvalue weighted by Crippen LogP contribution is 2.31. The number of amides is 1. The van der Waals surface area contributed by atoms with E-state index in [2.05, 4.69) is 33.1 Å². The first-order chi connectivity index (χ1) is 14.4. The van der Waals surface area contributed by atoms with Crippen molar-refractivity contribution in [2.24, 2.45) is 5.41 Å². The van der Waals surface area contributed by atoms with E-state index in [1.807, 2.05) is 17.2 Å². The Morgan fingerprint density at radius 1 is 1.27 bits per heavy atom. The van der Waals surface area contributed by atoms with Crippen molar-refractivity contribution in [3.8, 4) is 0 Å². The van der Waals surface area contributed by atoms with Crippen LogP contribution in [0.5, 0.6) is 0 Å². The molecule has 1 amide bonds. The average molecular weight is 426 g/mol. The summed E-state index contributed by atoms with van der Waals surface area (Å²) < 4.78 is 2.25. The quantitative estimate of drug-likeness (QED) is 0.612. The summed E-state index contributed by atoms with van der Waals surface area (Å²) in [6, 6.07) is 8.28. The maximum absolute atomic E-state index is 12.9. The molecule has 3 aromatic rings. The average Bonchev–Trinajstić information content (AvgIpc) is 3.34. The van der Waals surface area contributed by atoms with E-state index in [0.717, 1.165) is 18.6 Å². The molecule has 0 aliphatic carbocycles. The van der Waals surface area contributed by atoms with Crippen LogP contribution in [0.15, 0.2) is 35.8 Å². The van der Waals surface area contributed by atoms with Gasteiger partial charge in [-0.2, -0.15) is 0 Å². The molecule has 6 nitrogen and oxygen atoms in total. The molecule has 4 rings (SSSR count). The van der Waals surface area contributed by atoms with Crippen LogP contribution in [0.1, 0.15) is 49.2 Å². The Morgan fingerprint density at radius 3 is 2.83 bits per heavy atom. The normalized spacial score (nSPS) is 14.1. The van der Waals surface area contributed by atoms with Gasteiger partial charge >= 0.3 is 5.97 Å². The number of rotatable bonds is 7. The number of carboxylic acid groups (broad SMARTS) is 1. The molecule has 4 heterocycles. The predicted octanol–water partition coefficient (Wildman–Crippen LogP) is 4.31. The lowest BCUT2D eigenvalue weighted by atomic mass is 9.87. The van der Waals surface area contributed by atoms with Crippen molar-refractivity contribution in [2.45, 2.75) is 52.6 Å². The molecule has 0 unspecified atom stereocenters. The fourth-order valence-corrected chi connectivity index (χ4v) is 4.84. The van der Waals surface area contributed by atoms with Gasteiger partial charge in [-0.15, -0.1) is 11.3 Å². The minimum absolute atomic E-state index is 0.0997. The van der Waals surface area contributed by atoms with Gasteiger partial charge in [-0.3, -0.25) is 9.59 Å².